The summed E-state index contributed by atoms with van der Waals surface area (Å²) in [5, 5.41) is 11.2. The largest absolute Gasteiger partial charge is 0.507 e. The zero-order chi connectivity index (χ0) is 23.5. The highest BCUT2D eigenvalue weighted by Crippen LogP contribution is 2.46. The molecule has 168 valence electrons. The van der Waals surface area contributed by atoms with Crippen LogP contribution in [0.3, 0.4) is 0 Å². The number of benzene rings is 2. The Kier molecular flexibility index (Phi) is 6.13. The van der Waals surface area contributed by atoms with E-state index in [2.05, 4.69) is 4.98 Å². The summed E-state index contributed by atoms with van der Waals surface area (Å²) in [5.74, 6) is -0.860. The fourth-order valence-electron chi connectivity index (χ4n) is 4.05. The van der Waals surface area contributed by atoms with Gasteiger partial charge in [-0.25, -0.2) is 0 Å². The molecule has 7 heteroatoms. The van der Waals surface area contributed by atoms with E-state index in [1.54, 1.807) is 48.8 Å². The zero-order valence-electron chi connectivity index (χ0n) is 18.6. The molecule has 1 atom stereocenters. The Balaban J connectivity index is 1.94. The van der Waals surface area contributed by atoms with Gasteiger partial charge in [-0.1, -0.05) is 48.0 Å². The topological polar surface area (TPSA) is 89.0 Å². The second-order valence-electron chi connectivity index (χ2n) is 7.74. The van der Waals surface area contributed by atoms with Gasteiger partial charge in [-0.2, -0.15) is 0 Å². The fraction of sp³-hybridized carbons (Fsp3) is 0.192. The van der Waals surface area contributed by atoms with Crippen molar-refractivity contribution < 1.29 is 24.2 Å². The number of ketones is 1. The predicted octanol–water partition coefficient (Wildman–Crippen LogP) is 4.03. The number of carbonyl (C=O) groups is 2. The Morgan fingerprint density at radius 2 is 1.79 bits per heavy atom. The van der Waals surface area contributed by atoms with Gasteiger partial charge in [0.15, 0.2) is 11.5 Å². The maximum Gasteiger partial charge on any atom is 0.295 e. The summed E-state index contributed by atoms with van der Waals surface area (Å²) in [7, 11) is 3.01. The van der Waals surface area contributed by atoms with Crippen molar-refractivity contribution in [2.45, 2.75) is 19.5 Å². The molecule has 0 unspecified atom stereocenters. The zero-order valence-corrected chi connectivity index (χ0v) is 18.6. The minimum atomic E-state index is -0.878. The average Bonchev–Trinajstić information content (AvgIpc) is 3.08. The summed E-state index contributed by atoms with van der Waals surface area (Å²) >= 11 is 0. The molecule has 0 spiro atoms. The Morgan fingerprint density at radius 3 is 2.42 bits per heavy atom. The molecule has 0 aliphatic carbocycles. The molecule has 0 radical (unpaired) electrons. The van der Waals surface area contributed by atoms with Crippen molar-refractivity contribution in [3.63, 3.8) is 0 Å². The summed E-state index contributed by atoms with van der Waals surface area (Å²) in [6, 6.07) is 15.1. The highest BCUT2D eigenvalue weighted by Gasteiger charge is 2.47. The standard InChI is InChI=1S/C26H24N2O5/c1-16-9-11-18(12-10-16)23(29)21-22(19-7-4-8-20(32-2)25(19)33-3)28(26(31)24(21)30)15-17-6-5-13-27-14-17/h4-14,22,29H,15H2,1-3H3/t22-/m1/s1. The summed E-state index contributed by atoms with van der Waals surface area (Å²) in [4.78, 5) is 32.0. The summed E-state index contributed by atoms with van der Waals surface area (Å²) in [5.41, 5.74) is 2.75. The Bertz CT molecular complexity index is 1220. The van der Waals surface area contributed by atoms with E-state index < -0.39 is 17.7 Å². The van der Waals surface area contributed by atoms with Gasteiger partial charge in [-0.05, 0) is 24.6 Å². The lowest BCUT2D eigenvalue weighted by Gasteiger charge is -2.27. The third kappa shape index (κ3) is 4.05. The number of aromatic nitrogens is 1. The van der Waals surface area contributed by atoms with E-state index in [1.807, 2.05) is 25.1 Å². The van der Waals surface area contributed by atoms with Crippen LogP contribution in [0, 0.1) is 6.92 Å². The number of aryl methyl sites for hydroxylation is 1. The highest BCUT2D eigenvalue weighted by atomic mass is 16.5. The molecule has 0 saturated carbocycles. The predicted molar refractivity (Wildman–Crippen MR) is 123 cm³/mol. The van der Waals surface area contributed by atoms with E-state index in [0.29, 0.717) is 22.6 Å². The molecule has 3 aromatic rings. The summed E-state index contributed by atoms with van der Waals surface area (Å²) in [6.45, 7) is 2.06. The monoisotopic (exact) mass is 444 g/mol. The first kappa shape index (κ1) is 22.1. The molecule has 1 fully saturated rings. The Morgan fingerprint density at radius 1 is 1.03 bits per heavy atom. The maximum atomic E-state index is 13.2. The van der Waals surface area contributed by atoms with Crippen molar-refractivity contribution in [3.05, 3.63) is 94.8 Å². The number of pyridine rings is 1. The van der Waals surface area contributed by atoms with Gasteiger partial charge in [0.1, 0.15) is 5.76 Å². The number of amides is 1. The van der Waals surface area contributed by atoms with E-state index in [9.17, 15) is 14.7 Å². The number of para-hydroxylation sites is 1. The van der Waals surface area contributed by atoms with Crippen LogP contribution in [0.4, 0.5) is 0 Å². The number of aliphatic hydroxyl groups excluding tert-OH is 1. The van der Waals surface area contributed by atoms with Crippen molar-refractivity contribution in [3.8, 4) is 11.5 Å². The van der Waals surface area contributed by atoms with Crippen molar-refractivity contribution in [2.75, 3.05) is 14.2 Å². The van der Waals surface area contributed by atoms with Gasteiger partial charge in [0.25, 0.3) is 11.7 Å². The maximum absolute atomic E-state index is 13.2. The fourth-order valence-corrected chi connectivity index (χ4v) is 4.05. The van der Waals surface area contributed by atoms with Crippen molar-refractivity contribution in [1.82, 2.24) is 9.88 Å². The molecule has 1 aliphatic heterocycles. The molecule has 33 heavy (non-hydrogen) atoms. The molecule has 1 aromatic heterocycles. The quantitative estimate of drug-likeness (QED) is 0.351. The number of likely N-dealkylation sites (tertiary alicyclic amines) is 1. The lowest BCUT2D eigenvalue weighted by Crippen LogP contribution is -2.29. The lowest BCUT2D eigenvalue weighted by molar-refractivity contribution is -0.140. The number of rotatable bonds is 6. The van der Waals surface area contributed by atoms with Crippen LogP contribution in [0.15, 0.2) is 72.6 Å². The normalized spacial score (nSPS) is 17.3. The highest BCUT2D eigenvalue weighted by molar-refractivity contribution is 6.46. The molecule has 4 rings (SSSR count). The van der Waals surface area contributed by atoms with E-state index in [0.717, 1.165) is 11.1 Å². The molecular formula is C26H24N2O5. The lowest BCUT2D eigenvalue weighted by atomic mass is 9.94. The number of methoxy groups -OCH3 is 2. The molecule has 2 aromatic carbocycles. The van der Waals surface area contributed by atoms with E-state index >= 15 is 0 Å². The summed E-state index contributed by atoms with van der Waals surface area (Å²) in [6.07, 6.45) is 3.27. The van der Waals surface area contributed by atoms with Gasteiger partial charge in [0.2, 0.25) is 0 Å². The summed E-state index contributed by atoms with van der Waals surface area (Å²) < 4.78 is 11.0. The van der Waals surface area contributed by atoms with E-state index in [1.165, 1.54) is 19.1 Å². The van der Waals surface area contributed by atoms with Gasteiger partial charge in [0.05, 0.1) is 25.8 Å². The van der Waals surface area contributed by atoms with Crippen LogP contribution in [0.25, 0.3) is 5.76 Å². The number of carbonyl (C=O) groups excluding carboxylic acids is 2. The molecular weight excluding hydrogens is 420 g/mol. The molecule has 1 saturated heterocycles. The Hall–Kier alpha value is -4.13. The van der Waals surface area contributed by atoms with Crippen LogP contribution in [-0.4, -0.2) is 40.9 Å². The molecule has 2 heterocycles. The minimum absolute atomic E-state index is 0.000651. The number of aliphatic hydroxyl groups is 1. The van der Waals surface area contributed by atoms with Crippen LogP contribution >= 0.6 is 0 Å². The van der Waals surface area contributed by atoms with Gasteiger partial charge in [-0.15, -0.1) is 0 Å². The first-order chi connectivity index (χ1) is 16.0. The molecule has 7 nitrogen and oxygen atoms in total. The number of nitrogens with zero attached hydrogens (tertiary/aromatic N) is 2. The second-order valence-corrected chi connectivity index (χ2v) is 7.74. The molecule has 1 amide bonds. The van der Waals surface area contributed by atoms with Crippen LogP contribution in [0.1, 0.15) is 28.3 Å². The average molecular weight is 444 g/mol. The third-order valence-corrected chi connectivity index (χ3v) is 5.67. The smallest absolute Gasteiger partial charge is 0.295 e. The number of ether oxygens (including phenoxy) is 2. The SMILES string of the molecule is COc1cccc([C@@H]2C(=C(O)c3ccc(C)cc3)C(=O)C(=O)N2Cc2cccnc2)c1OC. The van der Waals surface area contributed by atoms with Gasteiger partial charge in [-0.3, -0.25) is 14.6 Å². The van der Waals surface area contributed by atoms with Crippen LogP contribution < -0.4 is 9.47 Å². The van der Waals surface area contributed by atoms with E-state index in [-0.39, 0.29) is 17.9 Å². The minimum Gasteiger partial charge on any atom is -0.507 e. The van der Waals surface area contributed by atoms with Crippen LogP contribution in [-0.2, 0) is 16.1 Å². The van der Waals surface area contributed by atoms with Gasteiger partial charge < -0.3 is 19.5 Å². The van der Waals surface area contributed by atoms with Gasteiger partial charge >= 0.3 is 0 Å². The van der Waals surface area contributed by atoms with Crippen molar-refractivity contribution in [2.24, 2.45) is 0 Å². The third-order valence-electron chi connectivity index (χ3n) is 5.67. The van der Waals surface area contributed by atoms with Gasteiger partial charge in [0, 0.05) is 30.1 Å². The second kappa shape index (κ2) is 9.16. The molecule has 1 N–H and O–H groups in total. The molecule has 1 aliphatic rings. The van der Waals surface area contributed by atoms with Crippen molar-refractivity contribution in [1.29, 1.82) is 0 Å². The van der Waals surface area contributed by atoms with E-state index in [4.69, 9.17) is 9.47 Å². The van der Waals surface area contributed by atoms with Crippen LogP contribution in [0.2, 0.25) is 0 Å². The number of hydrogen-bond donors (Lipinski definition) is 1. The van der Waals surface area contributed by atoms with Crippen molar-refractivity contribution >= 4 is 17.4 Å². The molecule has 0 bridgehead atoms. The number of hydrogen-bond acceptors (Lipinski definition) is 6. The Labute approximate surface area is 191 Å². The number of Topliss-reactive ketones (excluding diaryl/α,β-unsaturated/α-hetero) is 1. The van der Waals surface area contributed by atoms with Crippen LogP contribution in [0.5, 0.6) is 11.5 Å². The first-order valence-corrected chi connectivity index (χ1v) is 10.4. The first-order valence-electron chi connectivity index (χ1n) is 10.4.